The normalized spacial score (nSPS) is 23.3. The number of hydrogen-bond donors (Lipinski definition) is 1. The molecule has 2 rings (SSSR count). The molecule has 0 aliphatic carbocycles. The molecule has 1 aromatic heterocycles. The van der Waals surface area contributed by atoms with E-state index < -0.39 is 0 Å². The monoisotopic (exact) mass is 209 g/mol. The Balaban J connectivity index is 2.27. The maximum absolute atomic E-state index is 6.28. The average Bonchev–Trinajstić information content (AvgIpc) is 2.76. The molecule has 1 aromatic rings. The molecule has 0 amide bonds. The van der Waals surface area contributed by atoms with Crippen molar-refractivity contribution >= 4 is 0 Å². The Morgan fingerprint density at radius 1 is 1.27 bits per heavy atom. The number of aryl methyl sites for hydroxylation is 2. The van der Waals surface area contributed by atoms with Gasteiger partial charge in [0.2, 0.25) is 0 Å². The SMILES string of the molecule is Cc1oc(C)c(C(N)C2CCOC2)c1C. The zero-order valence-corrected chi connectivity index (χ0v) is 9.67. The fourth-order valence-corrected chi connectivity index (χ4v) is 2.37. The Kier molecular flexibility index (Phi) is 2.85. The third-order valence-corrected chi connectivity index (χ3v) is 3.42. The van der Waals surface area contributed by atoms with Crippen LogP contribution in [0.25, 0.3) is 0 Å². The Morgan fingerprint density at radius 2 is 2.00 bits per heavy atom. The van der Waals surface area contributed by atoms with Crippen molar-refractivity contribution in [2.75, 3.05) is 13.2 Å². The first-order valence-electron chi connectivity index (χ1n) is 5.51. The summed E-state index contributed by atoms with van der Waals surface area (Å²) in [5.74, 6) is 2.39. The van der Waals surface area contributed by atoms with Gasteiger partial charge in [-0.2, -0.15) is 0 Å². The van der Waals surface area contributed by atoms with Gasteiger partial charge in [-0.3, -0.25) is 0 Å². The van der Waals surface area contributed by atoms with Crippen LogP contribution < -0.4 is 5.73 Å². The van der Waals surface area contributed by atoms with E-state index in [4.69, 9.17) is 14.9 Å². The van der Waals surface area contributed by atoms with Crippen molar-refractivity contribution in [1.29, 1.82) is 0 Å². The first kappa shape index (κ1) is 10.7. The number of ether oxygens (including phenoxy) is 1. The topological polar surface area (TPSA) is 48.4 Å². The maximum atomic E-state index is 6.28. The summed E-state index contributed by atoms with van der Waals surface area (Å²) >= 11 is 0. The summed E-state index contributed by atoms with van der Waals surface area (Å²) in [6.45, 7) is 7.68. The molecule has 2 N–H and O–H groups in total. The van der Waals surface area contributed by atoms with Crippen LogP contribution in [-0.2, 0) is 4.74 Å². The third-order valence-electron chi connectivity index (χ3n) is 3.42. The molecule has 15 heavy (non-hydrogen) atoms. The molecule has 1 aliphatic rings. The molecule has 1 fully saturated rings. The van der Waals surface area contributed by atoms with Crippen LogP contribution in [0.4, 0.5) is 0 Å². The largest absolute Gasteiger partial charge is 0.466 e. The van der Waals surface area contributed by atoms with Crippen LogP contribution in [0.2, 0.25) is 0 Å². The summed E-state index contributed by atoms with van der Waals surface area (Å²) in [6.07, 6.45) is 1.06. The van der Waals surface area contributed by atoms with Crippen molar-refractivity contribution in [2.24, 2.45) is 11.7 Å². The van der Waals surface area contributed by atoms with Crippen molar-refractivity contribution < 1.29 is 9.15 Å². The molecule has 84 valence electrons. The molecule has 0 bridgehead atoms. The Bertz CT molecular complexity index is 351. The average molecular weight is 209 g/mol. The minimum Gasteiger partial charge on any atom is -0.466 e. The summed E-state index contributed by atoms with van der Waals surface area (Å²) in [6, 6.07) is 0.0601. The molecule has 0 saturated carbocycles. The molecule has 0 spiro atoms. The van der Waals surface area contributed by atoms with E-state index in [1.54, 1.807) is 0 Å². The zero-order valence-electron chi connectivity index (χ0n) is 9.67. The number of rotatable bonds is 2. The van der Waals surface area contributed by atoms with Crippen LogP contribution in [-0.4, -0.2) is 13.2 Å². The number of nitrogens with two attached hydrogens (primary N) is 1. The molecular weight excluding hydrogens is 190 g/mol. The minimum atomic E-state index is 0.0601. The van der Waals surface area contributed by atoms with E-state index in [0.29, 0.717) is 5.92 Å². The van der Waals surface area contributed by atoms with Crippen LogP contribution in [0.15, 0.2) is 4.42 Å². The maximum Gasteiger partial charge on any atom is 0.106 e. The minimum absolute atomic E-state index is 0.0601. The van der Waals surface area contributed by atoms with Crippen LogP contribution >= 0.6 is 0 Å². The highest BCUT2D eigenvalue weighted by atomic mass is 16.5. The van der Waals surface area contributed by atoms with Gasteiger partial charge < -0.3 is 14.9 Å². The Labute approximate surface area is 90.6 Å². The molecular formula is C12H19NO2. The number of furan rings is 1. The van der Waals surface area contributed by atoms with Gasteiger partial charge in [-0.1, -0.05) is 0 Å². The van der Waals surface area contributed by atoms with Crippen molar-refractivity contribution in [3.8, 4) is 0 Å². The number of hydrogen-bond acceptors (Lipinski definition) is 3. The highest BCUT2D eigenvalue weighted by Gasteiger charge is 2.28. The van der Waals surface area contributed by atoms with Crippen molar-refractivity contribution in [3.63, 3.8) is 0 Å². The lowest BCUT2D eigenvalue weighted by Crippen LogP contribution is -2.22. The first-order chi connectivity index (χ1) is 7.11. The summed E-state index contributed by atoms with van der Waals surface area (Å²) in [7, 11) is 0. The highest BCUT2D eigenvalue weighted by molar-refractivity contribution is 5.34. The van der Waals surface area contributed by atoms with E-state index in [-0.39, 0.29) is 6.04 Å². The molecule has 2 atom stereocenters. The van der Waals surface area contributed by atoms with Gasteiger partial charge in [0.05, 0.1) is 6.61 Å². The zero-order chi connectivity index (χ0) is 11.0. The molecule has 0 radical (unpaired) electrons. The van der Waals surface area contributed by atoms with E-state index in [0.717, 1.165) is 31.2 Å². The van der Waals surface area contributed by atoms with Gasteiger partial charge in [0, 0.05) is 24.1 Å². The van der Waals surface area contributed by atoms with E-state index in [1.165, 1.54) is 11.1 Å². The molecule has 2 heterocycles. The van der Waals surface area contributed by atoms with Gasteiger partial charge in [0.1, 0.15) is 11.5 Å². The fourth-order valence-electron chi connectivity index (χ4n) is 2.37. The second-order valence-electron chi connectivity index (χ2n) is 4.40. The predicted molar refractivity (Wildman–Crippen MR) is 58.8 cm³/mol. The van der Waals surface area contributed by atoms with Gasteiger partial charge in [-0.15, -0.1) is 0 Å². The standard InChI is InChI=1S/C12H19NO2/c1-7-8(2)15-9(3)11(7)12(13)10-4-5-14-6-10/h10,12H,4-6,13H2,1-3H3. The lowest BCUT2D eigenvalue weighted by atomic mass is 9.91. The lowest BCUT2D eigenvalue weighted by Gasteiger charge is -2.18. The van der Waals surface area contributed by atoms with Crippen LogP contribution in [0.5, 0.6) is 0 Å². The van der Waals surface area contributed by atoms with E-state index >= 15 is 0 Å². The highest BCUT2D eigenvalue weighted by Crippen LogP contribution is 2.33. The van der Waals surface area contributed by atoms with Gasteiger partial charge in [-0.25, -0.2) is 0 Å². The van der Waals surface area contributed by atoms with Crippen molar-refractivity contribution in [1.82, 2.24) is 0 Å². The van der Waals surface area contributed by atoms with Crippen molar-refractivity contribution in [3.05, 3.63) is 22.6 Å². The van der Waals surface area contributed by atoms with Gasteiger partial charge in [-0.05, 0) is 32.8 Å². The second kappa shape index (κ2) is 3.99. The van der Waals surface area contributed by atoms with Crippen molar-refractivity contribution in [2.45, 2.75) is 33.2 Å². The molecule has 2 unspecified atom stereocenters. The predicted octanol–water partition coefficient (Wildman–Crippen LogP) is 2.24. The second-order valence-corrected chi connectivity index (χ2v) is 4.40. The van der Waals surface area contributed by atoms with Gasteiger partial charge >= 0.3 is 0 Å². The Morgan fingerprint density at radius 3 is 2.47 bits per heavy atom. The van der Waals surface area contributed by atoms with E-state index in [1.807, 2.05) is 13.8 Å². The fraction of sp³-hybridized carbons (Fsp3) is 0.667. The summed E-state index contributed by atoms with van der Waals surface area (Å²) in [5.41, 5.74) is 8.66. The molecule has 0 aromatic carbocycles. The molecule has 1 aliphatic heterocycles. The molecule has 3 nitrogen and oxygen atoms in total. The summed E-state index contributed by atoms with van der Waals surface area (Å²) in [4.78, 5) is 0. The lowest BCUT2D eigenvalue weighted by molar-refractivity contribution is 0.180. The smallest absolute Gasteiger partial charge is 0.106 e. The van der Waals surface area contributed by atoms with Gasteiger partial charge in [0.25, 0.3) is 0 Å². The van der Waals surface area contributed by atoms with E-state index in [9.17, 15) is 0 Å². The summed E-state index contributed by atoms with van der Waals surface area (Å²) < 4.78 is 11.0. The first-order valence-corrected chi connectivity index (χ1v) is 5.51. The van der Waals surface area contributed by atoms with Gasteiger partial charge in [0.15, 0.2) is 0 Å². The molecule has 3 heteroatoms. The van der Waals surface area contributed by atoms with Crippen LogP contribution in [0.3, 0.4) is 0 Å². The van der Waals surface area contributed by atoms with Crippen LogP contribution in [0, 0.1) is 26.7 Å². The molecule has 1 saturated heterocycles. The quantitative estimate of drug-likeness (QED) is 0.812. The summed E-state index contributed by atoms with van der Waals surface area (Å²) in [5, 5.41) is 0. The van der Waals surface area contributed by atoms with Crippen LogP contribution in [0.1, 0.15) is 35.1 Å². The third kappa shape index (κ3) is 1.82. The van der Waals surface area contributed by atoms with E-state index in [2.05, 4.69) is 6.92 Å². The Hall–Kier alpha value is -0.800.